The maximum Gasteiger partial charge on any atom is 0.209 e. The van der Waals surface area contributed by atoms with E-state index in [0.29, 0.717) is 19.1 Å². The molecule has 0 saturated heterocycles. The Morgan fingerprint density at radius 2 is 1.88 bits per heavy atom. The van der Waals surface area contributed by atoms with Gasteiger partial charge < -0.3 is 4.74 Å². The van der Waals surface area contributed by atoms with E-state index in [2.05, 4.69) is 13.8 Å². The topological polar surface area (TPSA) is 69.4 Å². The molecule has 0 radical (unpaired) electrons. The third-order valence-electron chi connectivity index (χ3n) is 3.73. The van der Waals surface area contributed by atoms with Gasteiger partial charge in [-0.15, -0.1) is 0 Å². The highest BCUT2D eigenvalue weighted by atomic mass is 32.2. The molecule has 3 unspecified atom stereocenters. The van der Waals surface area contributed by atoms with Crippen molar-refractivity contribution in [2.75, 3.05) is 12.4 Å². The summed E-state index contributed by atoms with van der Waals surface area (Å²) in [5.74, 6) is 1.60. The molecule has 102 valence electrons. The summed E-state index contributed by atoms with van der Waals surface area (Å²) in [6, 6.07) is 0. The zero-order valence-corrected chi connectivity index (χ0v) is 11.7. The van der Waals surface area contributed by atoms with Gasteiger partial charge in [0.05, 0.1) is 11.9 Å². The second kappa shape index (κ2) is 6.71. The van der Waals surface area contributed by atoms with Crippen molar-refractivity contribution in [2.24, 2.45) is 17.0 Å². The van der Waals surface area contributed by atoms with Gasteiger partial charge in [0.25, 0.3) is 0 Å². The SMILES string of the molecule is CC1CCC(OCCCCS(N)(=O)=O)CC1C. The zero-order chi connectivity index (χ0) is 12.9. The zero-order valence-electron chi connectivity index (χ0n) is 10.9. The smallest absolute Gasteiger partial charge is 0.209 e. The number of hydrogen-bond acceptors (Lipinski definition) is 3. The van der Waals surface area contributed by atoms with E-state index < -0.39 is 10.0 Å². The lowest BCUT2D eigenvalue weighted by molar-refractivity contribution is 0.00156. The molecule has 0 aliphatic heterocycles. The van der Waals surface area contributed by atoms with Crippen molar-refractivity contribution in [3.63, 3.8) is 0 Å². The summed E-state index contributed by atoms with van der Waals surface area (Å²) in [7, 11) is -3.30. The lowest BCUT2D eigenvalue weighted by atomic mass is 9.80. The van der Waals surface area contributed by atoms with Crippen molar-refractivity contribution in [3.8, 4) is 0 Å². The first-order valence-electron chi connectivity index (χ1n) is 6.50. The first kappa shape index (κ1) is 14.9. The van der Waals surface area contributed by atoms with Gasteiger partial charge in [-0.1, -0.05) is 13.8 Å². The van der Waals surface area contributed by atoms with E-state index >= 15 is 0 Å². The molecule has 1 saturated carbocycles. The highest BCUT2D eigenvalue weighted by molar-refractivity contribution is 7.89. The normalized spacial score (nSPS) is 30.4. The number of nitrogens with two attached hydrogens (primary N) is 1. The number of unbranched alkanes of at least 4 members (excludes halogenated alkanes) is 1. The molecule has 0 bridgehead atoms. The van der Waals surface area contributed by atoms with Gasteiger partial charge in [0, 0.05) is 6.61 Å². The second-order valence-corrected chi connectivity index (χ2v) is 7.07. The van der Waals surface area contributed by atoms with E-state index in [1.165, 1.54) is 6.42 Å². The molecule has 0 aromatic carbocycles. The van der Waals surface area contributed by atoms with Crippen molar-refractivity contribution in [1.29, 1.82) is 0 Å². The van der Waals surface area contributed by atoms with Crippen molar-refractivity contribution in [2.45, 2.75) is 52.1 Å². The summed E-state index contributed by atoms with van der Waals surface area (Å²) in [6.07, 6.45) is 5.25. The van der Waals surface area contributed by atoms with Crippen LogP contribution in [0.15, 0.2) is 0 Å². The molecule has 1 rings (SSSR count). The molecule has 4 nitrogen and oxygen atoms in total. The van der Waals surface area contributed by atoms with E-state index in [0.717, 1.165) is 31.1 Å². The Morgan fingerprint density at radius 3 is 2.47 bits per heavy atom. The molecule has 0 aromatic heterocycles. The van der Waals surface area contributed by atoms with E-state index in [-0.39, 0.29) is 5.75 Å². The predicted octanol–water partition coefficient (Wildman–Crippen LogP) is 1.90. The van der Waals surface area contributed by atoms with Crippen LogP contribution < -0.4 is 5.14 Å². The Labute approximate surface area is 105 Å². The summed E-state index contributed by atoms with van der Waals surface area (Å²) in [5, 5.41) is 4.93. The summed E-state index contributed by atoms with van der Waals surface area (Å²) in [5.41, 5.74) is 0. The van der Waals surface area contributed by atoms with Crippen LogP contribution in [0.3, 0.4) is 0 Å². The summed E-state index contributed by atoms with van der Waals surface area (Å²) >= 11 is 0. The lowest BCUT2D eigenvalue weighted by Crippen LogP contribution is -2.27. The first-order chi connectivity index (χ1) is 7.88. The number of ether oxygens (including phenoxy) is 1. The van der Waals surface area contributed by atoms with Crippen molar-refractivity contribution >= 4 is 10.0 Å². The van der Waals surface area contributed by atoms with E-state index in [1.807, 2.05) is 0 Å². The van der Waals surface area contributed by atoms with E-state index in [4.69, 9.17) is 9.88 Å². The van der Waals surface area contributed by atoms with Crippen molar-refractivity contribution in [3.05, 3.63) is 0 Å². The Bertz CT molecular complexity index is 316. The molecule has 0 heterocycles. The van der Waals surface area contributed by atoms with Crippen LogP contribution >= 0.6 is 0 Å². The van der Waals surface area contributed by atoms with Crippen LogP contribution in [-0.2, 0) is 14.8 Å². The van der Waals surface area contributed by atoms with Gasteiger partial charge in [0.1, 0.15) is 0 Å². The second-order valence-electron chi connectivity index (χ2n) is 5.33. The number of hydrogen-bond donors (Lipinski definition) is 1. The van der Waals surface area contributed by atoms with Crippen molar-refractivity contribution in [1.82, 2.24) is 0 Å². The van der Waals surface area contributed by atoms with Gasteiger partial charge in [0.2, 0.25) is 10.0 Å². The number of rotatable bonds is 6. The molecular formula is C12H25NO3S. The lowest BCUT2D eigenvalue weighted by Gasteiger charge is -2.31. The molecule has 0 aromatic rings. The maximum absolute atomic E-state index is 10.7. The molecule has 0 amide bonds. The van der Waals surface area contributed by atoms with E-state index in [1.54, 1.807) is 0 Å². The minimum atomic E-state index is -3.30. The van der Waals surface area contributed by atoms with Crippen LogP contribution in [0.4, 0.5) is 0 Å². The number of sulfonamides is 1. The minimum absolute atomic E-state index is 0.0640. The van der Waals surface area contributed by atoms with Gasteiger partial charge in [-0.25, -0.2) is 13.6 Å². The number of primary sulfonamides is 1. The van der Waals surface area contributed by atoms with Gasteiger partial charge in [-0.05, 0) is 43.9 Å². The molecule has 1 aliphatic rings. The van der Waals surface area contributed by atoms with Gasteiger partial charge in [-0.2, -0.15) is 0 Å². The van der Waals surface area contributed by atoms with Crippen LogP contribution in [0.2, 0.25) is 0 Å². The van der Waals surface area contributed by atoms with Crippen LogP contribution in [0.5, 0.6) is 0 Å². The minimum Gasteiger partial charge on any atom is -0.378 e. The molecule has 3 atom stereocenters. The van der Waals surface area contributed by atoms with Gasteiger partial charge >= 0.3 is 0 Å². The fourth-order valence-electron chi connectivity index (χ4n) is 2.30. The quantitative estimate of drug-likeness (QED) is 0.744. The Hall–Kier alpha value is -0.130. The fourth-order valence-corrected chi connectivity index (χ4v) is 2.91. The summed E-state index contributed by atoms with van der Waals surface area (Å²) < 4.78 is 27.2. The molecular weight excluding hydrogens is 238 g/mol. The highest BCUT2D eigenvalue weighted by Gasteiger charge is 2.24. The molecule has 1 fully saturated rings. The summed E-state index contributed by atoms with van der Waals surface area (Å²) in [6.45, 7) is 5.23. The Balaban J connectivity index is 2.07. The molecule has 17 heavy (non-hydrogen) atoms. The predicted molar refractivity (Wildman–Crippen MR) is 69.1 cm³/mol. The fraction of sp³-hybridized carbons (Fsp3) is 1.00. The molecule has 0 spiro atoms. The highest BCUT2D eigenvalue weighted by Crippen LogP contribution is 2.30. The van der Waals surface area contributed by atoms with Crippen LogP contribution in [-0.4, -0.2) is 26.9 Å². The largest absolute Gasteiger partial charge is 0.378 e. The van der Waals surface area contributed by atoms with Crippen LogP contribution in [0.1, 0.15) is 46.0 Å². The monoisotopic (exact) mass is 263 g/mol. The summed E-state index contributed by atoms with van der Waals surface area (Å²) in [4.78, 5) is 0. The average Bonchev–Trinajstić information content (AvgIpc) is 2.21. The van der Waals surface area contributed by atoms with Gasteiger partial charge in [0.15, 0.2) is 0 Å². The molecule has 1 aliphatic carbocycles. The average molecular weight is 263 g/mol. The van der Waals surface area contributed by atoms with Crippen LogP contribution in [0, 0.1) is 11.8 Å². The van der Waals surface area contributed by atoms with E-state index in [9.17, 15) is 8.42 Å². The Kier molecular flexibility index (Phi) is 5.89. The molecule has 5 heteroatoms. The Morgan fingerprint density at radius 1 is 1.18 bits per heavy atom. The third kappa shape index (κ3) is 6.38. The molecule has 2 N–H and O–H groups in total. The standard InChI is InChI=1S/C12H25NO3S/c1-10-5-6-12(9-11(10)2)16-7-3-4-8-17(13,14)15/h10-12H,3-9H2,1-2H3,(H2,13,14,15). The van der Waals surface area contributed by atoms with Gasteiger partial charge in [-0.3, -0.25) is 0 Å². The van der Waals surface area contributed by atoms with Crippen molar-refractivity contribution < 1.29 is 13.2 Å². The maximum atomic E-state index is 10.7. The third-order valence-corrected chi connectivity index (χ3v) is 4.58. The van der Waals surface area contributed by atoms with Crippen LogP contribution in [0.25, 0.3) is 0 Å². The first-order valence-corrected chi connectivity index (χ1v) is 8.22.